The zero-order valence-electron chi connectivity index (χ0n) is 12.5. The maximum Gasteiger partial charge on any atom is 0.253 e. The molecule has 2 rings (SSSR count). The zero-order valence-corrected chi connectivity index (χ0v) is 12.5. The molecule has 0 bridgehead atoms. The molecule has 1 aliphatic rings. The van der Waals surface area contributed by atoms with Gasteiger partial charge in [0, 0.05) is 24.3 Å². The number of nitrogens with one attached hydrogen (secondary N) is 1. The van der Waals surface area contributed by atoms with Gasteiger partial charge in [-0.15, -0.1) is 0 Å². The molecular weight excluding hydrogens is 266 g/mol. The summed E-state index contributed by atoms with van der Waals surface area (Å²) in [5, 5.41) is 2.77. The Kier molecular flexibility index (Phi) is 5.33. The van der Waals surface area contributed by atoms with Gasteiger partial charge in [-0.3, -0.25) is 9.59 Å². The molecule has 0 aromatic heterocycles. The fourth-order valence-corrected chi connectivity index (χ4v) is 2.48. The van der Waals surface area contributed by atoms with Crippen molar-refractivity contribution in [3.8, 4) is 0 Å². The fourth-order valence-electron chi connectivity index (χ4n) is 2.48. The highest BCUT2D eigenvalue weighted by Gasteiger charge is 2.19. The van der Waals surface area contributed by atoms with Crippen LogP contribution in [0, 0.1) is 0 Å². The fraction of sp³-hybridized carbons (Fsp3) is 0.500. The molecule has 2 amide bonds. The van der Waals surface area contributed by atoms with Crippen LogP contribution in [0.2, 0.25) is 0 Å². The Morgan fingerprint density at radius 3 is 2.43 bits per heavy atom. The molecular formula is C16H23N3O2. The minimum atomic E-state index is -0.485. The van der Waals surface area contributed by atoms with Crippen LogP contribution < -0.4 is 11.1 Å². The molecule has 1 aliphatic heterocycles. The van der Waals surface area contributed by atoms with Crippen molar-refractivity contribution in [3.63, 3.8) is 0 Å². The number of likely N-dealkylation sites (tertiary alicyclic amines) is 1. The van der Waals surface area contributed by atoms with E-state index in [2.05, 4.69) is 5.32 Å². The first-order valence-corrected chi connectivity index (χ1v) is 7.57. The summed E-state index contributed by atoms with van der Waals surface area (Å²) < 4.78 is 0. The van der Waals surface area contributed by atoms with Gasteiger partial charge in [0.15, 0.2) is 0 Å². The van der Waals surface area contributed by atoms with Crippen LogP contribution in [0.5, 0.6) is 0 Å². The van der Waals surface area contributed by atoms with Gasteiger partial charge in [-0.2, -0.15) is 0 Å². The number of hydrogen-bond acceptors (Lipinski definition) is 3. The molecule has 0 saturated carbocycles. The molecule has 114 valence electrons. The van der Waals surface area contributed by atoms with E-state index in [1.54, 1.807) is 24.3 Å². The summed E-state index contributed by atoms with van der Waals surface area (Å²) in [6.45, 7) is 3.66. The lowest BCUT2D eigenvalue weighted by Gasteiger charge is -2.15. The van der Waals surface area contributed by atoms with Gasteiger partial charge in [0.2, 0.25) is 5.91 Å². The first-order chi connectivity index (χ1) is 10.1. The van der Waals surface area contributed by atoms with Crippen molar-refractivity contribution in [2.45, 2.75) is 38.6 Å². The Balaban J connectivity index is 1.95. The molecule has 5 heteroatoms. The second kappa shape index (κ2) is 7.22. The predicted molar refractivity (Wildman–Crippen MR) is 83.1 cm³/mol. The van der Waals surface area contributed by atoms with Gasteiger partial charge in [0.05, 0.1) is 6.04 Å². The van der Waals surface area contributed by atoms with Gasteiger partial charge in [-0.1, -0.05) is 13.3 Å². The Bertz CT molecular complexity index is 493. The van der Waals surface area contributed by atoms with E-state index in [4.69, 9.17) is 5.73 Å². The predicted octanol–water partition coefficient (Wildman–Crippen LogP) is 1.99. The van der Waals surface area contributed by atoms with Crippen LogP contribution in [-0.4, -0.2) is 35.8 Å². The summed E-state index contributed by atoms with van der Waals surface area (Å²) in [7, 11) is 0. The van der Waals surface area contributed by atoms with Crippen molar-refractivity contribution in [2.75, 3.05) is 18.4 Å². The molecule has 0 spiro atoms. The molecule has 0 unspecified atom stereocenters. The first kappa shape index (κ1) is 15.5. The summed E-state index contributed by atoms with van der Waals surface area (Å²) in [4.78, 5) is 25.9. The molecule has 0 radical (unpaired) electrons. The summed E-state index contributed by atoms with van der Waals surface area (Å²) in [6, 6.07) is 6.52. The smallest absolute Gasteiger partial charge is 0.253 e. The van der Waals surface area contributed by atoms with E-state index in [9.17, 15) is 9.59 Å². The molecule has 1 aromatic carbocycles. The number of amides is 2. The van der Waals surface area contributed by atoms with Crippen molar-refractivity contribution in [2.24, 2.45) is 5.73 Å². The minimum absolute atomic E-state index is 0.0630. The van der Waals surface area contributed by atoms with Crippen molar-refractivity contribution >= 4 is 17.5 Å². The monoisotopic (exact) mass is 289 g/mol. The second-order valence-corrected chi connectivity index (χ2v) is 5.46. The number of carbonyl (C=O) groups excluding carboxylic acids is 2. The van der Waals surface area contributed by atoms with Crippen LogP contribution in [0.1, 0.15) is 43.0 Å². The van der Waals surface area contributed by atoms with Gasteiger partial charge < -0.3 is 16.0 Å². The Morgan fingerprint density at radius 2 is 1.86 bits per heavy atom. The first-order valence-electron chi connectivity index (χ1n) is 7.57. The summed E-state index contributed by atoms with van der Waals surface area (Å²) >= 11 is 0. The molecule has 1 saturated heterocycles. The van der Waals surface area contributed by atoms with Crippen molar-refractivity contribution < 1.29 is 9.59 Å². The van der Waals surface area contributed by atoms with Gasteiger partial charge in [0.1, 0.15) is 0 Å². The lowest BCUT2D eigenvalue weighted by atomic mass is 10.1. The lowest BCUT2D eigenvalue weighted by Crippen LogP contribution is -2.35. The van der Waals surface area contributed by atoms with Crippen LogP contribution in [-0.2, 0) is 4.79 Å². The van der Waals surface area contributed by atoms with Crippen LogP contribution in [0.3, 0.4) is 0 Å². The van der Waals surface area contributed by atoms with Gasteiger partial charge in [-0.25, -0.2) is 0 Å². The van der Waals surface area contributed by atoms with Crippen LogP contribution in [0.25, 0.3) is 0 Å². The van der Waals surface area contributed by atoms with Gasteiger partial charge in [0.25, 0.3) is 5.91 Å². The lowest BCUT2D eigenvalue weighted by molar-refractivity contribution is -0.117. The second-order valence-electron chi connectivity index (χ2n) is 5.46. The molecule has 1 atom stereocenters. The van der Waals surface area contributed by atoms with E-state index >= 15 is 0 Å². The normalized spacial score (nSPS) is 15.8. The third kappa shape index (κ3) is 4.04. The van der Waals surface area contributed by atoms with Crippen LogP contribution in [0.15, 0.2) is 24.3 Å². The maximum atomic E-state index is 12.2. The maximum absolute atomic E-state index is 12.2. The van der Waals surface area contributed by atoms with Crippen LogP contribution >= 0.6 is 0 Å². The highest BCUT2D eigenvalue weighted by molar-refractivity contribution is 5.97. The molecule has 1 aromatic rings. The third-order valence-electron chi connectivity index (χ3n) is 3.73. The van der Waals surface area contributed by atoms with E-state index in [1.807, 2.05) is 11.8 Å². The summed E-state index contributed by atoms with van der Waals surface area (Å²) in [5.41, 5.74) is 7.09. The Morgan fingerprint density at radius 1 is 1.24 bits per heavy atom. The third-order valence-corrected chi connectivity index (χ3v) is 3.73. The van der Waals surface area contributed by atoms with E-state index in [0.29, 0.717) is 17.7 Å². The van der Waals surface area contributed by atoms with Crippen molar-refractivity contribution in [3.05, 3.63) is 29.8 Å². The van der Waals surface area contributed by atoms with Gasteiger partial charge >= 0.3 is 0 Å². The van der Waals surface area contributed by atoms with Crippen LogP contribution in [0.4, 0.5) is 5.69 Å². The van der Waals surface area contributed by atoms with Crippen molar-refractivity contribution in [1.82, 2.24) is 4.90 Å². The molecule has 0 aliphatic carbocycles. The zero-order chi connectivity index (χ0) is 15.2. The van der Waals surface area contributed by atoms with E-state index < -0.39 is 6.04 Å². The number of hydrogen-bond donors (Lipinski definition) is 2. The highest BCUT2D eigenvalue weighted by atomic mass is 16.2. The molecule has 1 fully saturated rings. The summed E-state index contributed by atoms with van der Waals surface area (Å²) in [5.74, 6) is -0.122. The SMILES string of the molecule is CCC[C@@H](N)C(=O)Nc1ccc(C(=O)N2CCCC2)cc1. The number of nitrogens with zero attached hydrogens (tertiary/aromatic N) is 1. The average Bonchev–Trinajstić information content (AvgIpc) is 3.01. The number of anilines is 1. The Hall–Kier alpha value is -1.88. The topological polar surface area (TPSA) is 75.4 Å². The quantitative estimate of drug-likeness (QED) is 0.870. The number of benzene rings is 1. The number of nitrogens with two attached hydrogens (primary N) is 1. The molecule has 1 heterocycles. The molecule has 21 heavy (non-hydrogen) atoms. The minimum Gasteiger partial charge on any atom is -0.339 e. The van der Waals surface area contributed by atoms with E-state index in [0.717, 1.165) is 32.4 Å². The van der Waals surface area contributed by atoms with Gasteiger partial charge in [-0.05, 0) is 43.5 Å². The number of rotatable bonds is 5. The van der Waals surface area contributed by atoms with Crippen molar-refractivity contribution in [1.29, 1.82) is 0 Å². The molecule has 3 N–H and O–H groups in total. The largest absolute Gasteiger partial charge is 0.339 e. The number of carbonyl (C=O) groups is 2. The van der Waals surface area contributed by atoms with E-state index in [-0.39, 0.29) is 11.8 Å². The van der Waals surface area contributed by atoms with E-state index in [1.165, 1.54) is 0 Å². The Labute approximate surface area is 125 Å². The average molecular weight is 289 g/mol. The highest BCUT2D eigenvalue weighted by Crippen LogP contribution is 2.15. The molecule has 5 nitrogen and oxygen atoms in total. The standard InChI is InChI=1S/C16H23N3O2/c1-2-5-14(17)15(20)18-13-8-6-12(7-9-13)16(21)19-10-3-4-11-19/h6-9,14H,2-5,10-11,17H2,1H3,(H,18,20)/t14-/m1/s1. The summed E-state index contributed by atoms with van der Waals surface area (Å²) in [6.07, 6.45) is 3.69.